The Morgan fingerprint density at radius 1 is 1.25 bits per heavy atom. The standard InChI is InChI=1S/C23H30N6O3/c1-16-6-4-5-7-19(16)29-15-17-14-24-22(26-21(17)27(2)23(29)31)25-18-8-11-28(12-9-18)13-10-20(30)32-3/h4-7,14,18H,8-13,15H2,1-3H3,(H,24,25,26). The molecule has 1 aromatic heterocycles. The fourth-order valence-corrected chi connectivity index (χ4v) is 4.27. The lowest BCUT2D eigenvalue weighted by Gasteiger charge is -2.35. The van der Waals surface area contributed by atoms with E-state index in [0.717, 1.165) is 49.3 Å². The van der Waals surface area contributed by atoms with Crippen LogP contribution in [0.15, 0.2) is 30.5 Å². The fraction of sp³-hybridized carbons (Fsp3) is 0.478. The van der Waals surface area contributed by atoms with Crippen LogP contribution in [0, 0.1) is 6.92 Å². The number of methoxy groups -OCH3 is 1. The van der Waals surface area contributed by atoms with E-state index >= 15 is 0 Å². The number of rotatable bonds is 6. The lowest BCUT2D eigenvalue weighted by molar-refractivity contribution is -0.141. The van der Waals surface area contributed by atoms with Gasteiger partial charge >= 0.3 is 12.0 Å². The number of carbonyl (C=O) groups excluding carboxylic acids is 2. The largest absolute Gasteiger partial charge is 0.469 e. The quantitative estimate of drug-likeness (QED) is 0.694. The van der Waals surface area contributed by atoms with Gasteiger partial charge < -0.3 is 15.0 Å². The summed E-state index contributed by atoms with van der Waals surface area (Å²) in [6.45, 7) is 4.98. The van der Waals surface area contributed by atoms with E-state index in [2.05, 4.69) is 20.2 Å². The van der Waals surface area contributed by atoms with E-state index in [1.165, 1.54) is 7.11 Å². The van der Waals surface area contributed by atoms with E-state index < -0.39 is 0 Å². The molecule has 2 aromatic rings. The Balaban J connectivity index is 1.39. The van der Waals surface area contributed by atoms with Crippen molar-refractivity contribution in [3.63, 3.8) is 0 Å². The zero-order valence-electron chi connectivity index (χ0n) is 18.9. The molecule has 0 spiro atoms. The summed E-state index contributed by atoms with van der Waals surface area (Å²) < 4.78 is 4.72. The minimum atomic E-state index is -0.174. The molecular weight excluding hydrogens is 408 g/mol. The number of piperidine rings is 1. The maximum atomic E-state index is 13.0. The number of hydrogen-bond donors (Lipinski definition) is 1. The molecule has 2 aliphatic heterocycles. The van der Waals surface area contributed by atoms with Crippen molar-refractivity contribution in [1.82, 2.24) is 14.9 Å². The van der Waals surface area contributed by atoms with Crippen molar-refractivity contribution in [2.75, 3.05) is 48.9 Å². The number of benzene rings is 1. The number of aromatic nitrogens is 2. The molecule has 2 aliphatic rings. The number of aryl methyl sites for hydroxylation is 1. The highest BCUT2D eigenvalue weighted by atomic mass is 16.5. The lowest BCUT2D eigenvalue weighted by atomic mass is 10.1. The van der Waals surface area contributed by atoms with Gasteiger partial charge in [-0.3, -0.25) is 14.6 Å². The van der Waals surface area contributed by atoms with Crippen LogP contribution in [0.5, 0.6) is 0 Å². The third-order valence-electron chi connectivity index (χ3n) is 6.19. The second-order valence-corrected chi connectivity index (χ2v) is 8.34. The summed E-state index contributed by atoms with van der Waals surface area (Å²) in [5.74, 6) is 1.01. The zero-order valence-corrected chi connectivity index (χ0v) is 18.9. The van der Waals surface area contributed by atoms with Gasteiger partial charge in [-0.1, -0.05) is 18.2 Å². The van der Waals surface area contributed by atoms with E-state index in [1.54, 1.807) is 16.8 Å². The van der Waals surface area contributed by atoms with Crippen LogP contribution in [0.1, 0.15) is 30.4 Å². The number of ether oxygens (including phenoxy) is 1. The topological polar surface area (TPSA) is 90.9 Å². The number of anilines is 3. The van der Waals surface area contributed by atoms with Crippen molar-refractivity contribution in [2.45, 2.75) is 38.8 Å². The maximum absolute atomic E-state index is 13.0. The Morgan fingerprint density at radius 2 is 2.00 bits per heavy atom. The Bertz CT molecular complexity index is 989. The molecule has 4 rings (SSSR count). The van der Waals surface area contributed by atoms with Crippen LogP contribution in [0.2, 0.25) is 0 Å². The summed E-state index contributed by atoms with van der Waals surface area (Å²) in [7, 11) is 3.17. The zero-order chi connectivity index (χ0) is 22.7. The van der Waals surface area contributed by atoms with Crippen LogP contribution in [0.25, 0.3) is 0 Å². The summed E-state index contributed by atoms with van der Waals surface area (Å²) in [4.78, 5) is 39.2. The van der Waals surface area contributed by atoms with Crippen LogP contribution in [-0.4, -0.2) is 66.7 Å². The van der Waals surface area contributed by atoms with Gasteiger partial charge in [-0.25, -0.2) is 9.78 Å². The predicted octanol–water partition coefficient (Wildman–Crippen LogP) is 2.80. The molecule has 2 amide bonds. The first-order valence-corrected chi connectivity index (χ1v) is 11.0. The Kier molecular flexibility index (Phi) is 6.55. The highest BCUT2D eigenvalue weighted by Gasteiger charge is 2.31. The van der Waals surface area contributed by atoms with Gasteiger partial charge in [-0.05, 0) is 31.4 Å². The molecule has 1 aromatic carbocycles. The van der Waals surface area contributed by atoms with Crippen LogP contribution in [0.3, 0.4) is 0 Å². The van der Waals surface area contributed by atoms with Crippen molar-refractivity contribution in [2.24, 2.45) is 0 Å². The summed E-state index contributed by atoms with van der Waals surface area (Å²) in [6.07, 6.45) is 4.11. The molecule has 1 fully saturated rings. The monoisotopic (exact) mass is 438 g/mol. The van der Waals surface area contributed by atoms with E-state index in [9.17, 15) is 9.59 Å². The number of hydrogen-bond acceptors (Lipinski definition) is 7. The summed E-state index contributed by atoms with van der Waals surface area (Å²) in [5.41, 5.74) is 2.87. The SMILES string of the molecule is COC(=O)CCN1CCC(Nc2ncc3c(n2)N(C)C(=O)N(c2ccccc2C)C3)CC1. The molecule has 170 valence electrons. The first-order chi connectivity index (χ1) is 15.5. The molecule has 32 heavy (non-hydrogen) atoms. The number of fused-ring (bicyclic) bond motifs is 1. The molecule has 3 heterocycles. The van der Waals surface area contributed by atoms with Gasteiger partial charge in [0.05, 0.1) is 20.1 Å². The number of nitrogens with zero attached hydrogens (tertiary/aromatic N) is 5. The van der Waals surface area contributed by atoms with Gasteiger partial charge in [0.15, 0.2) is 0 Å². The molecule has 0 saturated carbocycles. The van der Waals surface area contributed by atoms with Crippen molar-refractivity contribution in [3.05, 3.63) is 41.6 Å². The highest BCUT2D eigenvalue weighted by molar-refractivity contribution is 6.05. The maximum Gasteiger partial charge on any atom is 0.330 e. The molecule has 9 nitrogen and oxygen atoms in total. The van der Waals surface area contributed by atoms with Gasteiger partial charge in [0.1, 0.15) is 5.82 Å². The van der Waals surface area contributed by atoms with E-state index in [1.807, 2.05) is 37.4 Å². The number of urea groups is 1. The summed E-state index contributed by atoms with van der Waals surface area (Å²) >= 11 is 0. The molecule has 0 bridgehead atoms. The molecule has 0 aliphatic carbocycles. The minimum absolute atomic E-state index is 0.102. The Labute approximate surface area is 188 Å². The van der Waals surface area contributed by atoms with Gasteiger partial charge in [-0.15, -0.1) is 0 Å². The van der Waals surface area contributed by atoms with E-state index in [-0.39, 0.29) is 18.0 Å². The first-order valence-electron chi connectivity index (χ1n) is 11.0. The normalized spacial score (nSPS) is 17.3. The first kappa shape index (κ1) is 22.0. The predicted molar refractivity (Wildman–Crippen MR) is 123 cm³/mol. The number of amides is 2. The van der Waals surface area contributed by atoms with Gasteiger partial charge in [0, 0.05) is 50.2 Å². The Morgan fingerprint density at radius 3 is 2.72 bits per heavy atom. The molecule has 0 unspecified atom stereocenters. The summed E-state index contributed by atoms with van der Waals surface area (Å²) in [6, 6.07) is 8.03. The molecule has 0 radical (unpaired) electrons. The number of nitrogens with one attached hydrogen (secondary N) is 1. The van der Waals surface area contributed by atoms with Gasteiger partial charge in [-0.2, -0.15) is 4.98 Å². The highest BCUT2D eigenvalue weighted by Crippen LogP contribution is 2.31. The average Bonchev–Trinajstić information content (AvgIpc) is 2.81. The number of esters is 1. The van der Waals surface area contributed by atoms with E-state index in [0.29, 0.717) is 24.7 Å². The molecule has 9 heteroatoms. The molecule has 1 N–H and O–H groups in total. The van der Waals surface area contributed by atoms with Crippen LogP contribution >= 0.6 is 0 Å². The third kappa shape index (κ3) is 4.67. The minimum Gasteiger partial charge on any atom is -0.469 e. The van der Waals surface area contributed by atoms with Gasteiger partial charge in [0.2, 0.25) is 5.95 Å². The fourth-order valence-electron chi connectivity index (χ4n) is 4.27. The second kappa shape index (κ2) is 9.52. The average molecular weight is 439 g/mol. The van der Waals surface area contributed by atoms with Crippen molar-refractivity contribution >= 4 is 29.5 Å². The third-order valence-corrected chi connectivity index (χ3v) is 6.19. The smallest absolute Gasteiger partial charge is 0.330 e. The number of para-hydroxylation sites is 1. The number of carbonyl (C=O) groups is 2. The van der Waals surface area contributed by atoms with Crippen molar-refractivity contribution in [3.8, 4) is 0 Å². The van der Waals surface area contributed by atoms with Crippen LogP contribution in [0.4, 0.5) is 22.2 Å². The summed E-state index contributed by atoms with van der Waals surface area (Å²) in [5, 5.41) is 3.42. The Hall–Kier alpha value is -3.20. The molecule has 1 saturated heterocycles. The van der Waals surface area contributed by atoms with Gasteiger partial charge in [0.25, 0.3) is 0 Å². The van der Waals surface area contributed by atoms with Crippen LogP contribution in [-0.2, 0) is 16.1 Å². The number of likely N-dealkylation sites (tertiary alicyclic amines) is 1. The molecule has 0 atom stereocenters. The van der Waals surface area contributed by atoms with Crippen LogP contribution < -0.4 is 15.1 Å². The van der Waals surface area contributed by atoms with Crippen molar-refractivity contribution in [1.29, 1.82) is 0 Å². The second-order valence-electron chi connectivity index (χ2n) is 8.34. The molecular formula is C23H30N6O3. The lowest BCUT2D eigenvalue weighted by Crippen LogP contribution is -2.46. The van der Waals surface area contributed by atoms with E-state index in [4.69, 9.17) is 4.74 Å². The van der Waals surface area contributed by atoms with Crippen molar-refractivity contribution < 1.29 is 14.3 Å².